The van der Waals surface area contributed by atoms with E-state index in [0.29, 0.717) is 74.3 Å². The number of hydrogen-bond donors (Lipinski definition) is 4. The molecule has 2 amide bonds. The van der Waals surface area contributed by atoms with Gasteiger partial charge in [0.25, 0.3) is 5.56 Å². The lowest BCUT2D eigenvalue weighted by Gasteiger charge is -2.26. The topological polar surface area (TPSA) is 163 Å². The quantitative estimate of drug-likeness (QED) is 0.128. The minimum Gasteiger partial charge on any atom is -0.481 e. The second-order valence-electron chi connectivity index (χ2n) is 13.9. The Labute approximate surface area is 321 Å². The van der Waals surface area contributed by atoms with Crippen LogP contribution in [0.2, 0.25) is 10.0 Å². The van der Waals surface area contributed by atoms with Crippen molar-refractivity contribution in [3.63, 3.8) is 0 Å². The first-order chi connectivity index (χ1) is 26.0. The number of methoxy groups -OCH3 is 1. The number of rotatable bonds is 11. The highest BCUT2D eigenvalue weighted by atomic mass is 35.5. The number of ether oxygens (including phenoxy) is 1. The Bertz CT molecular complexity index is 2280. The van der Waals surface area contributed by atoms with Crippen LogP contribution < -0.4 is 20.9 Å². The van der Waals surface area contributed by atoms with Gasteiger partial charge in [0.05, 0.1) is 42.0 Å². The lowest BCUT2D eigenvalue weighted by atomic mass is 9.93. The molecule has 3 aromatic heterocycles. The average Bonchev–Trinajstić information content (AvgIpc) is 3.79. The van der Waals surface area contributed by atoms with Crippen LogP contribution in [0, 0.1) is 0 Å². The standard InChI is InChI=1S/C39H41Cl2N7O6/c1-46-33(18-42-24-10-13-26(49)14-11-24)45-48-20-23(17-32(48)38(46)51)27-5-3-6-28(35(27)40)29-7-4-8-30(36(29)41)31-15-9-22(37(44-31)54-2)19-47(39(52)53)21-25-12-16-34(50)43-25/h3-9,15,17,20,24-26,42,49H,10-14,16,18-19,21H2,1-2H3,(H,43,50)(H,52,53)/t24?,25-,26?/m0/s1. The van der Waals surface area contributed by atoms with Crippen LogP contribution in [0.15, 0.2) is 65.6 Å². The molecular formula is C39H41Cl2N7O6. The SMILES string of the molecule is COc1nc(-c2cccc(-c3cccc(-c4cc5c(=O)n(C)c(CNC6CCC(O)CC6)nn5c4)c3Cl)c2Cl)ccc1CN(C[C@@H]1CCC(=O)N1)C(=O)O. The summed E-state index contributed by atoms with van der Waals surface area (Å²) in [6.07, 6.45) is 4.68. The second-order valence-corrected chi connectivity index (χ2v) is 14.6. The van der Waals surface area contributed by atoms with E-state index in [1.807, 2.05) is 36.4 Å². The van der Waals surface area contributed by atoms with Gasteiger partial charge >= 0.3 is 6.09 Å². The number of amides is 2. The third-order valence-corrected chi connectivity index (χ3v) is 11.2. The molecule has 282 valence electrons. The van der Waals surface area contributed by atoms with E-state index in [9.17, 15) is 24.6 Å². The fraction of sp³-hybridized carbons (Fsp3) is 0.359. The minimum absolute atomic E-state index is 0.0232. The van der Waals surface area contributed by atoms with E-state index >= 15 is 0 Å². The first-order valence-corrected chi connectivity index (χ1v) is 18.6. The maximum atomic E-state index is 13.4. The molecule has 13 nitrogen and oxygen atoms in total. The summed E-state index contributed by atoms with van der Waals surface area (Å²) in [5.74, 6) is 0.768. The molecule has 4 N–H and O–H groups in total. The molecule has 2 aromatic carbocycles. The number of carboxylic acid groups (broad SMARTS) is 1. The normalized spacial score (nSPS) is 18.5. The number of nitrogens with zero attached hydrogens (tertiary/aromatic N) is 5. The van der Waals surface area contributed by atoms with E-state index < -0.39 is 6.09 Å². The van der Waals surface area contributed by atoms with Gasteiger partial charge in [0.2, 0.25) is 11.8 Å². The second kappa shape index (κ2) is 15.8. The Morgan fingerprint density at radius 2 is 1.69 bits per heavy atom. The summed E-state index contributed by atoms with van der Waals surface area (Å²) in [4.78, 5) is 43.1. The van der Waals surface area contributed by atoms with E-state index in [1.54, 1.807) is 40.5 Å². The van der Waals surface area contributed by atoms with E-state index in [0.717, 1.165) is 31.2 Å². The zero-order chi connectivity index (χ0) is 38.1. The lowest BCUT2D eigenvalue weighted by molar-refractivity contribution is -0.119. The first-order valence-electron chi connectivity index (χ1n) is 17.9. The number of carbonyl (C=O) groups excluding carboxylic acids is 1. The predicted octanol–water partition coefficient (Wildman–Crippen LogP) is 5.90. The zero-order valence-corrected chi connectivity index (χ0v) is 31.4. The van der Waals surface area contributed by atoms with E-state index in [4.69, 9.17) is 38.0 Å². The number of pyridine rings is 1. The van der Waals surface area contributed by atoms with Gasteiger partial charge in [-0.05, 0) is 50.3 Å². The Kier molecular flexibility index (Phi) is 10.9. The number of nitrogens with one attached hydrogen (secondary N) is 2. The Hall–Kier alpha value is -4.95. The van der Waals surface area contributed by atoms with Crippen molar-refractivity contribution in [2.75, 3.05) is 13.7 Å². The minimum atomic E-state index is -1.11. The van der Waals surface area contributed by atoms with Crippen LogP contribution in [0.25, 0.3) is 39.0 Å². The smallest absolute Gasteiger partial charge is 0.407 e. The van der Waals surface area contributed by atoms with Gasteiger partial charge in [-0.15, -0.1) is 0 Å². The molecule has 1 aliphatic heterocycles. The summed E-state index contributed by atoms with van der Waals surface area (Å²) in [5.41, 5.74) is 4.71. The first kappa shape index (κ1) is 37.4. The summed E-state index contributed by atoms with van der Waals surface area (Å²) in [7, 11) is 3.19. The summed E-state index contributed by atoms with van der Waals surface area (Å²) >= 11 is 14.2. The fourth-order valence-electron chi connectivity index (χ4n) is 7.31. The summed E-state index contributed by atoms with van der Waals surface area (Å²) in [6.45, 7) is 0.597. The maximum Gasteiger partial charge on any atom is 0.407 e. The lowest BCUT2D eigenvalue weighted by Crippen LogP contribution is -2.41. The van der Waals surface area contributed by atoms with Gasteiger partial charge in [0.15, 0.2) is 0 Å². The molecule has 2 fully saturated rings. The fourth-order valence-corrected chi connectivity index (χ4v) is 7.97. The molecule has 2 aliphatic rings. The molecule has 0 unspecified atom stereocenters. The number of halogens is 2. The number of aromatic nitrogens is 4. The van der Waals surface area contributed by atoms with Gasteiger partial charge in [-0.2, -0.15) is 5.10 Å². The van der Waals surface area contributed by atoms with Crippen LogP contribution in [0.3, 0.4) is 0 Å². The van der Waals surface area contributed by atoms with Crippen LogP contribution in [0.4, 0.5) is 4.79 Å². The van der Waals surface area contributed by atoms with Gasteiger partial charge in [-0.25, -0.2) is 14.3 Å². The van der Waals surface area contributed by atoms with Crippen LogP contribution in [-0.4, -0.2) is 78.1 Å². The van der Waals surface area contributed by atoms with Gasteiger partial charge in [0.1, 0.15) is 11.3 Å². The Balaban J connectivity index is 1.15. The van der Waals surface area contributed by atoms with Crippen LogP contribution >= 0.6 is 23.2 Å². The number of benzene rings is 2. The van der Waals surface area contributed by atoms with Crippen molar-refractivity contribution in [3.05, 3.63) is 92.6 Å². The maximum absolute atomic E-state index is 13.4. The van der Waals surface area contributed by atoms with Crippen molar-refractivity contribution in [2.45, 2.75) is 69.8 Å². The molecule has 1 saturated heterocycles. The highest BCUT2D eigenvalue weighted by molar-refractivity contribution is 6.39. The number of fused-ring (bicyclic) bond motifs is 1. The molecule has 4 heterocycles. The molecule has 1 atom stereocenters. The molecule has 7 rings (SSSR count). The van der Waals surface area contributed by atoms with Gasteiger partial charge < -0.3 is 30.5 Å². The van der Waals surface area contributed by atoms with Gasteiger partial charge in [0, 0.05) is 71.7 Å². The summed E-state index contributed by atoms with van der Waals surface area (Å²) < 4.78 is 8.75. The summed E-state index contributed by atoms with van der Waals surface area (Å²) in [6, 6.07) is 16.5. The summed E-state index contributed by atoms with van der Waals surface area (Å²) in [5, 5.41) is 31.6. The number of hydrogen-bond acceptors (Lipinski definition) is 8. The van der Waals surface area contributed by atoms with E-state index in [1.165, 1.54) is 12.0 Å². The number of aliphatic hydroxyl groups is 1. The van der Waals surface area contributed by atoms with Crippen molar-refractivity contribution in [3.8, 4) is 39.4 Å². The Morgan fingerprint density at radius 1 is 1.00 bits per heavy atom. The predicted molar refractivity (Wildman–Crippen MR) is 206 cm³/mol. The number of carbonyl (C=O) groups is 2. The van der Waals surface area contributed by atoms with Crippen LogP contribution in [0.5, 0.6) is 5.88 Å². The molecule has 0 radical (unpaired) electrons. The van der Waals surface area contributed by atoms with Crippen LogP contribution in [-0.2, 0) is 24.9 Å². The van der Waals surface area contributed by atoms with Crippen molar-refractivity contribution >= 4 is 40.7 Å². The monoisotopic (exact) mass is 773 g/mol. The molecule has 54 heavy (non-hydrogen) atoms. The van der Waals surface area contributed by atoms with E-state index in [-0.39, 0.29) is 48.6 Å². The molecular weight excluding hydrogens is 733 g/mol. The van der Waals surface area contributed by atoms with Gasteiger partial charge in [-0.3, -0.25) is 14.2 Å². The zero-order valence-electron chi connectivity index (χ0n) is 29.9. The third-order valence-electron chi connectivity index (χ3n) is 10.3. The van der Waals surface area contributed by atoms with Crippen LogP contribution in [0.1, 0.15) is 49.9 Å². The van der Waals surface area contributed by atoms with E-state index in [2.05, 4.69) is 10.6 Å². The number of aliphatic hydroxyl groups excluding tert-OH is 1. The largest absolute Gasteiger partial charge is 0.481 e. The van der Waals surface area contributed by atoms with Crippen molar-refractivity contribution in [2.24, 2.45) is 7.05 Å². The average molecular weight is 775 g/mol. The Morgan fingerprint density at radius 3 is 2.35 bits per heavy atom. The molecule has 1 aliphatic carbocycles. The molecule has 0 bridgehead atoms. The molecule has 1 saturated carbocycles. The van der Waals surface area contributed by atoms with Gasteiger partial charge in [-0.1, -0.05) is 59.6 Å². The highest BCUT2D eigenvalue weighted by Crippen LogP contribution is 2.42. The third kappa shape index (κ3) is 7.67. The molecule has 15 heteroatoms. The van der Waals surface area contributed by atoms with Crippen molar-refractivity contribution < 1.29 is 24.5 Å². The highest BCUT2D eigenvalue weighted by Gasteiger charge is 2.27. The van der Waals surface area contributed by atoms with Crippen molar-refractivity contribution in [1.29, 1.82) is 0 Å². The van der Waals surface area contributed by atoms with Crippen molar-refractivity contribution in [1.82, 2.24) is 34.7 Å². The molecule has 5 aromatic rings. The molecule has 0 spiro atoms.